The van der Waals surface area contributed by atoms with Gasteiger partial charge in [0.05, 0.1) is 6.54 Å². The molecule has 0 bridgehead atoms. The molecule has 6 heteroatoms. The van der Waals surface area contributed by atoms with E-state index < -0.39 is 0 Å². The summed E-state index contributed by atoms with van der Waals surface area (Å²) in [6.07, 6.45) is 4.03. The van der Waals surface area contributed by atoms with Crippen LogP contribution in [0.15, 0.2) is 24.3 Å². The number of aromatic amines is 1. The molecule has 0 saturated carbocycles. The Morgan fingerprint density at radius 3 is 2.75 bits per heavy atom. The van der Waals surface area contributed by atoms with Gasteiger partial charge in [0.1, 0.15) is 18.6 Å². The summed E-state index contributed by atoms with van der Waals surface area (Å²) in [6, 6.07) is 7.76. The minimum Gasteiger partial charge on any atom is -0.488 e. The van der Waals surface area contributed by atoms with E-state index in [9.17, 15) is 9.59 Å². The molecule has 1 saturated heterocycles. The summed E-state index contributed by atoms with van der Waals surface area (Å²) in [4.78, 5) is 31.5. The quantitative estimate of drug-likeness (QED) is 0.792. The molecule has 2 aliphatic heterocycles. The lowest BCUT2D eigenvalue weighted by Gasteiger charge is -2.29. The number of hydrogen-bond donors (Lipinski definition) is 1. The zero-order valence-electron chi connectivity index (χ0n) is 16.5. The van der Waals surface area contributed by atoms with E-state index in [0.717, 1.165) is 61.3 Å². The van der Waals surface area contributed by atoms with Crippen LogP contribution in [0.25, 0.3) is 0 Å². The summed E-state index contributed by atoms with van der Waals surface area (Å²) in [5.74, 6) is 1.85. The van der Waals surface area contributed by atoms with Crippen LogP contribution in [0.4, 0.5) is 11.5 Å². The molecule has 148 valence electrons. The topological polar surface area (TPSA) is 65.6 Å². The highest BCUT2D eigenvalue weighted by molar-refractivity contribution is 5.94. The molecule has 1 amide bonds. The summed E-state index contributed by atoms with van der Waals surface area (Å²) < 4.78 is 5.81. The summed E-state index contributed by atoms with van der Waals surface area (Å²) in [7, 11) is 0. The number of likely N-dealkylation sites (tertiary alicyclic amines) is 1. The summed E-state index contributed by atoms with van der Waals surface area (Å²) in [6.45, 7) is 7.14. The van der Waals surface area contributed by atoms with E-state index in [1.165, 1.54) is 0 Å². The summed E-state index contributed by atoms with van der Waals surface area (Å²) in [5, 5.41) is 0. The minimum absolute atomic E-state index is 0.0343. The molecule has 2 aromatic rings. The third kappa shape index (κ3) is 3.28. The van der Waals surface area contributed by atoms with E-state index in [2.05, 4.69) is 29.8 Å². The first-order valence-electron chi connectivity index (χ1n) is 10.1. The normalized spacial score (nSPS) is 17.2. The number of benzene rings is 1. The van der Waals surface area contributed by atoms with Gasteiger partial charge in [-0.05, 0) is 48.9 Å². The lowest BCUT2D eigenvalue weighted by atomic mass is 9.93. The predicted molar refractivity (Wildman–Crippen MR) is 109 cm³/mol. The van der Waals surface area contributed by atoms with Crippen molar-refractivity contribution in [2.24, 2.45) is 0 Å². The van der Waals surface area contributed by atoms with Gasteiger partial charge in [-0.15, -0.1) is 0 Å². The highest BCUT2D eigenvalue weighted by Crippen LogP contribution is 2.38. The van der Waals surface area contributed by atoms with Crippen molar-refractivity contribution in [2.45, 2.75) is 39.0 Å². The van der Waals surface area contributed by atoms with E-state index in [0.29, 0.717) is 30.5 Å². The molecular formula is C22H27N3O3. The van der Waals surface area contributed by atoms with Crippen LogP contribution in [0.3, 0.4) is 0 Å². The molecule has 1 N–H and O–H groups in total. The standard InChI is InChI=1S/C22H27N3O3/c1-3-15(2)18-12-17(7-6-16(18)14-26)25-10-11-28-20-13-19(23-21(20)25)22(27)24-8-4-5-9-24/h6-7,12-15,23H,3-5,8-11H2,1-2H3. The number of rotatable bonds is 5. The Morgan fingerprint density at radius 1 is 1.25 bits per heavy atom. The molecule has 1 atom stereocenters. The zero-order chi connectivity index (χ0) is 19.7. The Hall–Kier alpha value is -2.76. The van der Waals surface area contributed by atoms with Crippen molar-refractivity contribution in [1.29, 1.82) is 0 Å². The number of carbonyl (C=O) groups excluding carboxylic acids is 2. The second kappa shape index (κ2) is 7.70. The van der Waals surface area contributed by atoms with Crippen molar-refractivity contribution in [3.63, 3.8) is 0 Å². The third-order valence-corrected chi connectivity index (χ3v) is 5.88. The van der Waals surface area contributed by atoms with Crippen LogP contribution in [0, 0.1) is 0 Å². The highest BCUT2D eigenvalue weighted by Gasteiger charge is 2.28. The SMILES string of the molecule is CCC(C)c1cc(N2CCOc3cc(C(=O)N4CCCC4)[nH]c32)ccc1C=O. The minimum atomic E-state index is 0.0343. The number of aromatic nitrogens is 1. The molecular weight excluding hydrogens is 354 g/mol. The van der Waals surface area contributed by atoms with Crippen LogP contribution in [0.5, 0.6) is 5.75 Å². The van der Waals surface area contributed by atoms with Gasteiger partial charge in [0, 0.05) is 30.4 Å². The van der Waals surface area contributed by atoms with E-state index in [-0.39, 0.29) is 5.91 Å². The van der Waals surface area contributed by atoms with Crippen LogP contribution in [-0.4, -0.2) is 48.3 Å². The molecule has 2 aliphatic rings. The Morgan fingerprint density at radius 2 is 2.04 bits per heavy atom. The van der Waals surface area contributed by atoms with Crippen LogP contribution >= 0.6 is 0 Å². The van der Waals surface area contributed by atoms with Gasteiger partial charge in [0.15, 0.2) is 11.6 Å². The number of anilines is 2. The smallest absolute Gasteiger partial charge is 0.270 e. The van der Waals surface area contributed by atoms with Crippen molar-refractivity contribution < 1.29 is 14.3 Å². The fourth-order valence-electron chi connectivity index (χ4n) is 4.04. The van der Waals surface area contributed by atoms with Gasteiger partial charge in [-0.3, -0.25) is 9.59 Å². The van der Waals surface area contributed by atoms with Crippen LogP contribution in [0.2, 0.25) is 0 Å². The Bertz CT molecular complexity index is 883. The third-order valence-electron chi connectivity index (χ3n) is 5.88. The molecule has 1 aromatic carbocycles. The number of fused-ring (bicyclic) bond motifs is 1. The molecule has 28 heavy (non-hydrogen) atoms. The van der Waals surface area contributed by atoms with Gasteiger partial charge in [-0.1, -0.05) is 13.8 Å². The first-order valence-corrected chi connectivity index (χ1v) is 10.1. The number of aldehydes is 1. The average molecular weight is 381 g/mol. The second-order valence-electron chi connectivity index (χ2n) is 7.64. The maximum Gasteiger partial charge on any atom is 0.270 e. The largest absolute Gasteiger partial charge is 0.488 e. The van der Waals surface area contributed by atoms with Crippen molar-refractivity contribution in [3.8, 4) is 5.75 Å². The van der Waals surface area contributed by atoms with E-state index >= 15 is 0 Å². The number of nitrogens with zero attached hydrogens (tertiary/aromatic N) is 2. The van der Waals surface area contributed by atoms with Gasteiger partial charge in [-0.25, -0.2) is 0 Å². The number of hydrogen-bond acceptors (Lipinski definition) is 4. The number of ether oxygens (including phenoxy) is 1. The highest BCUT2D eigenvalue weighted by atomic mass is 16.5. The maximum absolute atomic E-state index is 12.8. The molecule has 6 nitrogen and oxygen atoms in total. The molecule has 1 aromatic heterocycles. The van der Waals surface area contributed by atoms with Crippen molar-refractivity contribution >= 4 is 23.7 Å². The fraction of sp³-hybridized carbons (Fsp3) is 0.455. The van der Waals surface area contributed by atoms with Crippen LogP contribution < -0.4 is 9.64 Å². The van der Waals surface area contributed by atoms with Crippen molar-refractivity contribution in [3.05, 3.63) is 41.1 Å². The maximum atomic E-state index is 12.8. The molecule has 3 heterocycles. The zero-order valence-corrected chi connectivity index (χ0v) is 16.5. The van der Waals surface area contributed by atoms with Gasteiger partial charge in [0.2, 0.25) is 0 Å². The molecule has 0 spiro atoms. The number of H-pyrrole nitrogens is 1. The van der Waals surface area contributed by atoms with Crippen molar-refractivity contribution in [1.82, 2.24) is 9.88 Å². The number of carbonyl (C=O) groups is 2. The molecule has 0 radical (unpaired) electrons. The number of nitrogens with one attached hydrogen (secondary N) is 1. The van der Waals surface area contributed by atoms with Gasteiger partial charge in [-0.2, -0.15) is 0 Å². The number of amides is 1. The van der Waals surface area contributed by atoms with E-state index in [4.69, 9.17) is 4.74 Å². The van der Waals surface area contributed by atoms with Gasteiger partial charge in [0.25, 0.3) is 5.91 Å². The molecule has 1 fully saturated rings. The van der Waals surface area contributed by atoms with Gasteiger partial charge < -0.3 is 19.5 Å². The average Bonchev–Trinajstić information content (AvgIpc) is 3.41. The fourth-order valence-corrected chi connectivity index (χ4v) is 4.04. The Balaban J connectivity index is 1.68. The van der Waals surface area contributed by atoms with E-state index in [1.807, 2.05) is 23.1 Å². The van der Waals surface area contributed by atoms with E-state index in [1.54, 1.807) is 0 Å². The Kier molecular flexibility index (Phi) is 5.11. The molecule has 0 aliphatic carbocycles. The molecule has 4 rings (SSSR count). The second-order valence-corrected chi connectivity index (χ2v) is 7.64. The lowest BCUT2D eigenvalue weighted by Crippen LogP contribution is -2.29. The first-order chi connectivity index (χ1) is 13.6. The Labute approximate surface area is 165 Å². The predicted octanol–water partition coefficient (Wildman–Crippen LogP) is 4.11. The van der Waals surface area contributed by atoms with Crippen LogP contribution in [-0.2, 0) is 0 Å². The van der Waals surface area contributed by atoms with Crippen LogP contribution in [0.1, 0.15) is 65.4 Å². The monoisotopic (exact) mass is 381 g/mol. The van der Waals surface area contributed by atoms with Gasteiger partial charge >= 0.3 is 0 Å². The lowest BCUT2D eigenvalue weighted by molar-refractivity contribution is 0.0787. The summed E-state index contributed by atoms with van der Waals surface area (Å²) >= 11 is 0. The summed E-state index contributed by atoms with van der Waals surface area (Å²) in [5.41, 5.74) is 3.38. The van der Waals surface area contributed by atoms with Crippen molar-refractivity contribution in [2.75, 3.05) is 31.1 Å². The first kappa shape index (κ1) is 18.6. The molecule has 1 unspecified atom stereocenters.